The zero-order valence-corrected chi connectivity index (χ0v) is 17.4. The number of carbonyl (C=O) groups is 2. The Bertz CT molecular complexity index is 727. The quantitative estimate of drug-likeness (QED) is 0.629. The number of amides is 3. The van der Waals surface area contributed by atoms with E-state index in [0.717, 1.165) is 36.8 Å². The summed E-state index contributed by atoms with van der Waals surface area (Å²) in [6, 6.07) is 7.59. The van der Waals surface area contributed by atoms with Crippen molar-refractivity contribution in [2.45, 2.75) is 57.5 Å². The molecule has 0 unspecified atom stereocenters. The lowest BCUT2D eigenvalue weighted by Gasteiger charge is -2.54. The van der Waals surface area contributed by atoms with Crippen LogP contribution in [0.4, 0.5) is 4.79 Å². The molecule has 6 nitrogen and oxygen atoms in total. The van der Waals surface area contributed by atoms with Gasteiger partial charge in [0.15, 0.2) is 0 Å². The Morgan fingerprint density at radius 1 is 1.17 bits per heavy atom. The number of urea groups is 1. The third kappa shape index (κ3) is 4.64. The highest BCUT2D eigenvalue weighted by Crippen LogP contribution is 2.40. The van der Waals surface area contributed by atoms with Crippen LogP contribution in [0.25, 0.3) is 6.08 Å². The first-order valence-electron chi connectivity index (χ1n) is 10.8. The Morgan fingerprint density at radius 3 is 2.45 bits per heavy atom. The highest BCUT2D eigenvalue weighted by molar-refractivity contribution is 5.80. The molecule has 1 saturated heterocycles. The number of likely N-dealkylation sites (tertiary alicyclic amines) is 1. The predicted octanol–water partition coefficient (Wildman–Crippen LogP) is 2.88. The average molecular weight is 400 g/mol. The van der Waals surface area contributed by atoms with Crippen LogP contribution in [0, 0.1) is 5.92 Å². The first-order chi connectivity index (χ1) is 14.1. The van der Waals surface area contributed by atoms with E-state index in [1.807, 2.05) is 38.1 Å². The van der Waals surface area contributed by atoms with Gasteiger partial charge in [-0.2, -0.15) is 0 Å². The Kier molecular flexibility index (Phi) is 7.31. The minimum absolute atomic E-state index is 0.00581. The molecule has 2 fully saturated rings. The number of benzene rings is 1. The predicted molar refractivity (Wildman–Crippen MR) is 114 cm³/mol. The lowest BCUT2D eigenvalue weighted by atomic mass is 9.75. The summed E-state index contributed by atoms with van der Waals surface area (Å²) in [5.41, 5.74) is 2.20. The summed E-state index contributed by atoms with van der Waals surface area (Å²) < 4.78 is 0. The highest BCUT2D eigenvalue weighted by atomic mass is 16.3. The molecular weight excluding hydrogens is 366 g/mol. The Hall–Kier alpha value is -2.34. The van der Waals surface area contributed by atoms with Crippen LogP contribution < -0.4 is 10.6 Å². The van der Waals surface area contributed by atoms with E-state index < -0.39 is 0 Å². The van der Waals surface area contributed by atoms with Gasteiger partial charge in [-0.05, 0) is 37.3 Å². The molecule has 3 amide bonds. The molecule has 0 spiro atoms. The molecule has 3 N–H and O–H groups in total. The van der Waals surface area contributed by atoms with Crippen LogP contribution in [0.3, 0.4) is 0 Å². The first kappa shape index (κ1) is 21.4. The average Bonchev–Trinajstić information content (AvgIpc) is 2.66. The minimum atomic E-state index is -0.287. The van der Waals surface area contributed by atoms with Gasteiger partial charge in [0.2, 0.25) is 5.91 Å². The molecule has 1 aliphatic carbocycles. The number of aliphatic hydroxyl groups is 1. The molecule has 1 aromatic carbocycles. The van der Waals surface area contributed by atoms with Crippen molar-refractivity contribution in [2.75, 3.05) is 19.7 Å². The van der Waals surface area contributed by atoms with Crippen molar-refractivity contribution in [1.29, 1.82) is 0 Å². The van der Waals surface area contributed by atoms with Crippen molar-refractivity contribution in [1.82, 2.24) is 15.5 Å². The van der Waals surface area contributed by atoms with Gasteiger partial charge in [0.1, 0.15) is 0 Å². The molecule has 0 radical (unpaired) electrons. The summed E-state index contributed by atoms with van der Waals surface area (Å²) in [6.07, 6.45) is 7.89. The standard InChI is InChI=1S/C23H33N3O3/c1-3-6-16-9-11-17(12-10-16)21-19(14-25-22(28)18-7-5-8-18)26(20(21)15-27)23(29)24-13-4-2/h3,6,9-12,18-21,27H,4-5,7-8,13-15H2,1-2H3,(H,24,29)(H,25,28)/b6-3+/t19-,20-,21-/m0/s1. The largest absolute Gasteiger partial charge is 0.394 e. The van der Waals surface area contributed by atoms with Crippen LogP contribution in [-0.4, -0.2) is 53.7 Å². The number of nitrogens with one attached hydrogen (secondary N) is 2. The molecule has 2 aliphatic rings. The van der Waals surface area contributed by atoms with Gasteiger partial charge in [0.25, 0.3) is 0 Å². The van der Waals surface area contributed by atoms with Gasteiger partial charge in [-0.1, -0.05) is 49.8 Å². The second-order valence-corrected chi connectivity index (χ2v) is 8.02. The number of allylic oxidation sites excluding steroid dienone is 1. The van der Waals surface area contributed by atoms with Gasteiger partial charge >= 0.3 is 6.03 Å². The monoisotopic (exact) mass is 399 g/mol. The van der Waals surface area contributed by atoms with Crippen molar-refractivity contribution < 1.29 is 14.7 Å². The Morgan fingerprint density at radius 2 is 1.90 bits per heavy atom. The molecule has 0 bridgehead atoms. The van der Waals surface area contributed by atoms with Gasteiger partial charge in [-0.25, -0.2) is 4.79 Å². The summed E-state index contributed by atoms with van der Waals surface area (Å²) in [4.78, 5) is 26.8. The summed E-state index contributed by atoms with van der Waals surface area (Å²) >= 11 is 0. The van der Waals surface area contributed by atoms with Crippen LogP contribution in [0.1, 0.15) is 56.6 Å². The lowest BCUT2D eigenvalue weighted by molar-refractivity contribution is -0.128. The number of carbonyl (C=O) groups excluding carboxylic acids is 2. The fourth-order valence-corrected chi connectivity index (χ4v) is 4.28. The summed E-state index contributed by atoms with van der Waals surface area (Å²) in [5.74, 6) is 0.193. The molecule has 1 aliphatic heterocycles. The second-order valence-electron chi connectivity index (χ2n) is 8.02. The van der Waals surface area contributed by atoms with Crippen LogP contribution in [0.15, 0.2) is 30.3 Å². The Labute approximate surface area is 173 Å². The summed E-state index contributed by atoms with van der Waals surface area (Å²) in [6.45, 7) is 4.89. The second kappa shape index (κ2) is 9.92. The molecule has 1 heterocycles. The molecule has 158 valence electrons. The van der Waals surface area contributed by atoms with E-state index >= 15 is 0 Å². The lowest BCUT2D eigenvalue weighted by Crippen LogP contribution is -2.70. The van der Waals surface area contributed by atoms with Gasteiger partial charge in [0.05, 0.1) is 18.7 Å². The van der Waals surface area contributed by atoms with Crippen molar-refractivity contribution in [3.05, 3.63) is 41.5 Å². The number of rotatable bonds is 8. The topological polar surface area (TPSA) is 81.7 Å². The maximum Gasteiger partial charge on any atom is 0.318 e. The maximum atomic E-state index is 12.7. The summed E-state index contributed by atoms with van der Waals surface area (Å²) in [5, 5.41) is 16.0. The van der Waals surface area contributed by atoms with Gasteiger partial charge in [-0.15, -0.1) is 0 Å². The molecule has 3 atom stereocenters. The van der Waals surface area contributed by atoms with Crippen molar-refractivity contribution >= 4 is 18.0 Å². The normalized spacial score (nSPS) is 24.1. The van der Waals surface area contributed by atoms with Crippen LogP contribution in [0.5, 0.6) is 0 Å². The molecule has 0 aromatic heterocycles. The number of hydrogen-bond donors (Lipinski definition) is 3. The zero-order valence-electron chi connectivity index (χ0n) is 17.4. The number of nitrogens with zero attached hydrogens (tertiary/aromatic N) is 1. The molecular formula is C23H33N3O3. The first-order valence-corrected chi connectivity index (χ1v) is 10.8. The summed E-state index contributed by atoms with van der Waals surface area (Å²) in [7, 11) is 0. The molecule has 29 heavy (non-hydrogen) atoms. The smallest absolute Gasteiger partial charge is 0.318 e. The van der Waals surface area contributed by atoms with Crippen molar-refractivity contribution in [3.63, 3.8) is 0 Å². The van der Waals surface area contributed by atoms with Crippen molar-refractivity contribution in [2.24, 2.45) is 5.92 Å². The van der Waals surface area contributed by atoms with E-state index in [1.54, 1.807) is 4.90 Å². The van der Waals surface area contributed by atoms with Crippen LogP contribution in [-0.2, 0) is 4.79 Å². The van der Waals surface area contributed by atoms with Crippen LogP contribution in [0.2, 0.25) is 0 Å². The van der Waals surface area contributed by atoms with Gasteiger partial charge < -0.3 is 20.6 Å². The van der Waals surface area contributed by atoms with E-state index in [9.17, 15) is 14.7 Å². The Balaban J connectivity index is 1.76. The van der Waals surface area contributed by atoms with Crippen molar-refractivity contribution in [3.8, 4) is 0 Å². The number of hydrogen-bond acceptors (Lipinski definition) is 3. The van der Waals surface area contributed by atoms with E-state index in [0.29, 0.717) is 13.1 Å². The third-order valence-electron chi connectivity index (χ3n) is 6.13. The third-order valence-corrected chi connectivity index (χ3v) is 6.13. The SMILES string of the molecule is C/C=C/c1ccc([C@@H]2[C@H](CO)N(C(=O)NCCC)[C@H]2CNC(=O)C2CCC2)cc1. The van der Waals surface area contributed by atoms with Crippen LogP contribution >= 0.6 is 0 Å². The number of aliphatic hydroxyl groups excluding tert-OH is 1. The zero-order chi connectivity index (χ0) is 20.8. The maximum absolute atomic E-state index is 12.7. The minimum Gasteiger partial charge on any atom is -0.394 e. The van der Waals surface area contributed by atoms with E-state index in [-0.39, 0.29) is 42.5 Å². The fraction of sp³-hybridized carbons (Fsp3) is 0.565. The van der Waals surface area contributed by atoms with E-state index in [1.165, 1.54) is 0 Å². The van der Waals surface area contributed by atoms with E-state index in [4.69, 9.17) is 0 Å². The fourth-order valence-electron chi connectivity index (χ4n) is 4.28. The molecule has 1 saturated carbocycles. The molecule has 1 aromatic rings. The van der Waals surface area contributed by atoms with Gasteiger partial charge in [0, 0.05) is 24.9 Å². The molecule has 3 rings (SSSR count). The van der Waals surface area contributed by atoms with Gasteiger partial charge in [-0.3, -0.25) is 4.79 Å². The molecule has 6 heteroatoms. The highest BCUT2D eigenvalue weighted by Gasteiger charge is 2.51. The van der Waals surface area contributed by atoms with E-state index in [2.05, 4.69) is 22.8 Å².